The first-order valence-electron chi connectivity index (χ1n) is 10.3. The van der Waals surface area contributed by atoms with E-state index in [1.165, 1.54) is 77.6 Å². The Hall–Kier alpha value is -0.870. The van der Waals surface area contributed by atoms with Crippen LogP contribution in [0.15, 0.2) is 11.6 Å². The van der Waals surface area contributed by atoms with Gasteiger partial charge in [0.15, 0.2) is 6.10 Å². The van der Waals surface area contributed by atoms with Gasteiger partial charge in [0.1, 0.15) is 0 Å². The van der Waals surface area contributed by atoms with Crippen molar-refractivity contribution in [1.29, 1.82) is 0 Å². The number of carbonyl (C=O) groups excluding carboxylic acids is 1. The summed E-state index contributed by atoms with van der Waals surface area (Å²) in [5, 5.41) is 19.5. The fraction of sp³-hybridized carbons (Fsp3) is 0.857. The van der Waals surface area contributed by atoms with E-state index >= 15 is 0 Å². The van der Waals surface area contributed by atoms with Crippen LogP contribution in [0.3, 0.4) is 0 Å². The van der Waals surface area contributed by atoms with Crippen LogP contribution in [0.1, 0.15) is 104 Å². The molecule has 0 amide bonds. The Bertz CT molecular complexity index is 401. The van der Waals surface area contributed by atoms with Crippen molar-refractivity contribution in [3.8, 4) is 0 Å². The lowest BCUT2D eigenvalue weighted by Crippen LogP contribution is -2.35. The highest BCUT2D eigenvalue weighted by molar-refractivity contribution is 5.92. The first-order chi connectivity index (χ1) is 12.0. The maximum atomic E-state index is 11.6. The third-order valence-electron chi connectivity index (χ3n) is 5.01. The number of rotatable bonds is 14. The number of aliphatic hydroxyl groups is 2. The summed E-state index contributed by atoms with van der Waals surface area (Å²) in [6.45, 7) is 3.56. The maximum absolute atomic E-state index is 11.6. The standard InChI is InChI=1S/C21H38O4/c1-3-4-5-6-7-8-9-10-11-12-13-14-15-16-17-18-19(22)21(2,24)25-20(18)23/h17,19,22,24H,3-16H2,1-2H3/b18-17+/t19-,21-/m1/s1. The van der Waals surface area contributed by atoms with Gasteiger partial charge in [-0.2, -0.15) is 0 Å². The minimum atomic E-state index is -1.78. The van der Waals surface area contributed by atoms with E-state index in [1.807, 2.05) is 0 Å². The number of ether oxygens (including phenoxy) is 1. The molecule has 0 aromatic rings. The summed E-state index contributed by atoms with van der Waals surface area (Å²) in [6, 6.07) is 0. The third kappa shape index (κ3) is 8.87. The lowest BCUT2D eigenvalue weighted by Gasteiger charge is -2.17. The largest absolute Gasteiger partial charge is 0.427 e. The number of hydrogen-bond donors (Lipinski definition) is 2. The van der Waals surface area contributed by atoms with Gasteiger partial charge in [0.05, 0.1) is 5.57 Å². The van der Waals surface area contributed by atoms with E-state index in [9.17, 15) is 15.0 Å². The fourth-order valence-corrected chi connectivity index (χ4v) is 3.32. The third-order valence-corrected chi connectivity index (χ3v) is 5.01. The molecule has 0 saturated carbocycles. The Balaban J connectivity index is 1.93. The molecule has 25 heavy (non-hydrogen) atoms. The van der Waals surface area contributed by atoms with E-state index in [1.54, 1.807) is 6.08 Å². The second-order valence-electron chi connectivity index (χ2n) is 7.54. The zero-order valence-electron chi connectivity index (χ0n) is 16.3. The van der Waals surface area contributed by atoms with Crippen LogP contribution < -0.4 is 0 Å². The number of hydrogen-bond acceptors (Lipinski definition) is 4. The van der Waals surface area contributed by atoms with Crippen LogP contribution in [0.5, 0.6) is 0 Å². The molecule has 1 aliphatic rings. The molecule has 0 aromatic heterocycles. The van der Waals surface area contributed by atoms with Crippen molar-refractivity contribution in [2.45, 2.75) is 116 Å². The zero-order valence-corrected chi connectivity index (χ0v) is 16.3. The van der Waals surface area contributed by atoms with Crippen LogP contribution in [-0.4, -0.2) is 28.1 Å². The number of esters is 1. The summed E-state index contributed by atoms with van der Waals surface area (Å²) in [6.07, 6.45) is 18.2. The molecule has 0 bridgehead atoms. The Labute approximate surface area is 153 Å². The second kappa shape index (κ2) is 12.5. The highest BCUT2D eigenvalue weighted by Gasteiger charge is 2.47. The van der Waals surface area contributed by atoms with E-state index in [2.05, 4.69) is 6.92 Å². The Morgan fingerprint density at radius 1 is 0.920 bits per heavy atom. The maximum Gasteiger partial charge on any atom is 0.339 e. The molecule has 1 heterocycles. The van der Waals surface area contributed by atoms with E-state index in [0.29, 0.717) is 0 Å². The summed E-state index contributed by atoms with van der Waals surface area (Å²) in [4.78, 5) is 11.6. The van der Waals surface area contributed by atoms with Gasteiger partial charge in [-0.15, -0.1) is 0 Å². The van der Waals surface area contributed by atoms with Crippen LogP contribution >= 0.6 is 0 Å². The highest BCUT2D eigenvalue weighted by atomic mass is 16.7. The van der Waals surface area contributed by atoms with Crippen LogP contribution in [0.4, 0.5) is 0 Å². The molecule has 2 atom stereocenters. The monoisotopic (exact) mass is 354 g/mol. The van der Waals surface area contributed by atoms with Crippen molar-refractivity contribution in [3.05, 3.63) is 11.6 Å². The lowest BCUT2D eigenvalue weighted by atomic mass is 10.0. The van der Waals surface area contributed by atoms with Crippen molar-refractivity contribution in [1.82, 2.24) is 0 Å². The summed E-state index contributed by atoms with van der Waals surface area (Å²) < 4.78 is 4.74. The molecule has 146 valence electrons. The Kier molecular flexibility index (Phi) is 11.1. The van der Waals surface area contributed by atoms with Gasteiger partial charge >= 0.3 is 5.97 Å². The van der Waals surface area contributed by atoms with Crippen molar-refractivity contribution in [2.75, 3.05) is 0 Å². The van der Waals surface area contributed by atoms with Gasteiger partial charge in [-0.05, 0) is 12.8 Å². The fourth-order valence-electron chi connectivity index (χ4n) is 3.32. The highest BCUT2D eigenvalue weighted by Crippen LogP contribution is 2.29. The van der Waals surface area contributed by atoms with Gasteiger partial charge in [-0.1, -0.05) is 90.0 Å². The Morgan fingerprint density at radius 3 is 1.76 bits per heavy atom. The van der Waals surface area contributed by atoms with Crippen LogP contribution in [0.25, 0.3) is 0 Å². The van der Waals surface area contributed by atoms with E-state index in [0.717, 1.165) is 19.3 Å². The molecule has 2 N–H and O–H groups in total. The van der Waals surface area contributed by atoms with Crippen molar-refractivity contribution in [3.63, 3.8) is 0 Å². The van der Waals surface area contributed by atoms with Gasteiger partial charge in [0, 0.05) is 6.92 Å². The predicted molar refractivity (Wildman–Crippen MR) is 101 cm³/mol. The molecule has 1 saturated heterocycles. The molecule has 1 rings (SSSR count). The van der Waals surface area contributed by atoms with Crippen LogP contribution in [-0.2, 0) is 9.53 Å². The summed E-state index contributed by atoms with van der Waals surface area (Å²) >= 11 is 0. The van der Waals surface area contributed by atoms with Crippen molar-refractivity contribution in [2.24, 2.45) is 0 Å². The van der Waals surface area contributed by atoms with Crippen LogP contribution in [0.2, 0.25) is 0 Å². The molecule has 0 spiro atoms. The SMILES string of the molecule is CCCCCCCCCCCCCCC/C=C1/C(=O)O[C@@](C)(O)[C@@H]1O. The quantitative estimate of drug-likeness (QED) is 0.261. The van der Waals surface area contributed by atoms with Gasteiger partial charge in [0.25, 0.3) is 0 Å². The second-order valence-corrected chi connectivity index (χ2v) is 7.54. The molecule has 4 nitrogen and oxygen atoms in total. The lowest BCUT2D eigenvalue weighted by molar-refractivity contribution is -0.203. The first-order valence-corrected chi connectivity index (χ1v) is 10.3. The minimum Gasteiger partial charge on any atom is -0.427 e. The van der Waals surface area contributed by atoms with Crippen molar-refractivity contribution >= 4 is 5.97 Å². The molecule has 0 aliphatic carbocycles. The number of cyclic esters (lactones) is 1. The number of carbonyl (C=O) groups is 1. The number of allylic oxidation sites excluding steroid dienone is 1. The molecule has 0 aromatic carbocycles. The molecular formula is C21H38O4. The van der Waals surface area contributed by atoms with Gasteiger partial charge in [-0.3, -0.25) is 0 Å². The van der Waals surface area contributed by atoms with Gasteiger partial charge in [0.2, 0.25) is 5.79 Å². The number of unbranched alkanes of at least 4 members (excludes halogenated alkanes) is 13. The summed E-state index contributed by atoms with van der Waals surface area (Å²) in [5.74, 6) is -2.38. The van der Waals surface area contributed by atoms with Gasteiger partial charge < -0.3 is 14.9 Å². The summed E-state index contributed by atoms with van der Waals surface area (Å²) in [7, 11) is 0. The molecule has 1 fully saturated rings. The number of aliphatic hydroxyl groups excluding tert-OH is 1. The zero-order chi connectivity index (χ0) is 18.5. The van der Waals surface area contributed by atoms with E-state index in [4.69, 9.17) is 4.74 Å². The first kappa shape index (κ1) is 22.2. The van der Waals surface area contributed by atoms with E-state index in [-0.39, 0.29) is 5.57 Å². The van der Waals surface area contributed by atoms with Crippen LogP contribution in [0, 0.1) is 0 Å². The molecule has 0 radical (unpaired) electrons. The molecule has 0 unspecified atom stereocenters. The normalized spacial score (nSPS) is 24.9. The Morgan fingerprint density at radius 2 is 1.36 bits per heavy atom. The predicted octanol–water partition coefficient (Wildman–Crippen LogP) is 5.02. The smallest absolute Gasteiger partial charge is 0.339 e. The minimum absolute atomic E-state index is 0.198. The van der Waals surface area contributed by atoms with Gasteiger partial charge in [-0.25, -0.2) is 4.79 Å². The average molecular weight is 355 g/mol. The molecule has 4 heteroatoms. The molecular weight excluding hydrogens is 316 g/mol. The average Bonchev–Trinajstić information content (AvgIpc) is 2.76. The topological polar surface area (TPSA) is 66.8 Å². The van der Waals surface area contributed by atoms with E-state index < -0.39 is 17.9 Å². The molecule has 1 aliphatic heterocycles. The summed E-state index contributed by atoms with van der Waals surface area (Å²) in [5.41, 5.74) is 0.198. The van der Waals surface area contributed by atoms with Crippen molar-refractivity contribution < 1.29 is 19.7 Å².